The maximum absolute atomic E-state index is 13.4. The van der Waals surface area contributed by atoms with Crippen molar-refractivity contribution in [1.29, 1.82) is 0 Å². The van der Waals surface area contributed by atoms with Gasteiger partial charge in [-0.05, 0) is 36.6 Å². The third kappa shape index (κ3) is 4.80. The van der Waals surface area contributed by atoms with E-state index in [-0.39, 0.29) is 11.8 Å². The number of ether oxygens (including phenoxy) is 3. The molecule has 7 heteroatoms. The van der Waals surface area contributed by atoms with Crippen molar-refractivity contribution in [3.63, 3.8) is 0 Å². The number of aryl methyl sites for hydroxylation is 1. The molecule has 7 nitrogen and oxygen atoms in total. The molecule has 0 radical (unpaired) electrons. The molecule has 0 atom stereocenters. The second-order valence-corrected chi connectivity index (χ2v) is 6.76. The van der Waals surface area contributed by atoms with Crippen LogP contribution in [0.4, 0.5) is 5.69 Å². The zero-order valence-corrected chi connectivity index (χ0v) is 17.0. The number of nitrogens with zero attached hydrogens (tertiary/aromatic N) is 1. The quantitative estimate of drug-likeness (QED) is 0.726. The van der Waals surface area contributed by atoms with E-state index in [2.05, 4.69) is 5.32 Å². The van der Waals surface area contributed by atoms with E-state index < -0.39 is 0 Å². The van der Waals surface area contributed by atoms with Crippen LogP contribution >= 0.6 is 0 Å². The highest BCUT2D eigenvalue weighted by Gasteiger charge is 2.27. The first-order chi connectivity index (χ1) is 14.0. The molecule has 1 N–H and O–H groups in total. The lowest BCUT2D eigenvalue weighted by molar-refractivity contribution is -0.119. The molecule has 2 amide bonds. The van der Waals surface area contributed by atoms with Crippen LogP contribution in [-0.2, 0) is 11.2 Å². The molecule has 1 aliphatic heterocycles. The SMILES string of the molecule is COc1cc(OC)cc(C(=O)N2CCCc3cccc(OCCNC(C)=O)c32)c1. The lowest BCUT2D eigenvalue weighted by atomic mass is 10.00. The van der Waals surface area contributed by atoms with Crippen molar-refractivity contribution in [3.05, 3.63) is 47.5 Å². The summed E-state index contributed by atoms with van der Waals surface area (Å²) in [6, 6.07) is 10.9. The Hall–Kier alpha value is -3.22. The monoisotopic (exact) mass is 398 g/mol. The second kappa shape index (κ2) is 9.32. The van der Waals surface area contributed by atoms with Crippen LogP contribution in [0.25, 0.3) is 0 Å². The summed E-state index contributed by atoms with van der Waals surface area (Å²) in [6.45, 7) is 2.79. The summed E-state index contributed by atoms with van der Waals surface area (Å²) in [6.07, 6.45) is 1.75. The Bertz CT molecular complexity index is 875. The number of nitrogens with one attached hydrogen (secondary N) is 1. The number of carbonyl (C=O) groups is 2. The van der Waals surface area contributed by atoms with E-state index in [1.165, 1.54) is 6.92 Å². The van der Waals surface area contributed by atoms with Crippen LogP contribution in [0, 0.1) is 0 Å². The van der Waals surface area contributed by atoms with E-state index in [9.17, 15) is 9.59 Å². The van der Waals surface area contributed by atoms with Crippen LogP contribution in [0.15, 0.2) is 36.4 Å². The standard InChI is InChI=1S/C22H26N2O5/c1-15(25)23-9-11-29-20-8-4-6-16-7-5-10-24(21(16)20)22(26)17-12-18(27-2)14-19(13-17)28-3/h4,6,8,12-14H,5,7,9-11H2,1-3H3,(H,23,25). The van der Waals surface area contributed by atoms with Gasteiger partial charge in [-0.3, -0.25) is 9.59 Å². The highest BCUT2D eigenvalue weighted by molar-refractivity contribution is 6.08. The van der Waals surface area contributed by atoms with E-state index in [4.69, 9.17) is 14.2 Å². The Morgan fingerprint density at radius 1 is 1.10 bits per heavy atom. The van der Waals surface area contributed by atoms with Gasteiger partial charge in [0.2, 0.25) is 5.91 Å². The predicted octanol–water partition coefficient (Wildman–Crippen LogP) is 2.81. The molecule has 0 saturated heterocycles. The molecule has 3 rings (SSSR count). The summed E-state index contributed by atoms with van der Waals surface area (Å²) in [5, 5.41) is 2.71. The van der Waals surface area contributed by atoms with Crippen molar-refractivity contribution in [2.24, 2.45) is 0 Å². The number of carbonyl (C=O) groups excluding carboxylic acids is 2. The van der Waals surface area contributed by atoms with Crippen molar-refractivity contribution in [2.45, 2.75) is 19.8 Å². The van der Waals surface area contributed by atoms with Crippen molar-refractivity contribution < 1.29 is 23.8 Å². The van der Waals surface area contributed by atoms with E-state index >= 15 is 0 Å². The maximum atomic E-state index is 13.4. The van der Waals surface area contributed by atoms with Crippen LogP contribution in [0.1, 0.15) is 29.3 Å². The van der Waals surface area contributed by atoms with Crippen molar-refractivity contribution >= 4 is 17.5 Å². The maximum Gasteiger partial charge on any atom is 0.258 e. The molecular formula is C22H26N2O5. The Morgan fingerprint density at radius 3 is 2.48 bits per heavy atom. The largest absolute Gasteiger partial charge is 0.497 e. The van der Waals surface area contributed by atoms with Crippen molar-refractivity contribution in [3.8, 4) is 17.2 Å². The Kier molecular flexibility index (Phi) is 6.59. The normalized spacial score (nSPS) is 12.7. The molecule has 2 aromatic carbocycles. The van der Waals surface area contributed by atoms with Crippen LogP contribution in [0.5, 0.6) is 17.2 Å². The molecule has 0 bridgehead atoms. The van der Waals surface area contributed by atoms with Gasteiger partial charge in [0, 0.05) is 25.1 Å². The summed E-state index contributed by atoms with van der Waals surface area (Å²) in [7, 11) is 3.11. The molecule has 0 saturated carbocycles. The summed E-state index contributed by atoms with van der Waals surface area (Å²) >= 11 is 0. The first kappa shape index (κ1) is 20.5. The van der Waals surface area contributed by atoms with Crippen molar-refractivity contribution in [2.75, 3.05) is 38.8 Å². The molecule has 0 spiro atoms. The average Bonchev–Trinajstić information content (AvgIpc) is 2.75. The fourth-order valence-electron chi connectivity index (χ4n) is 3.41. The number of anilines is 1. The van der Waals surface area contributed by atoms with Gasteiger partial charge in [0.25, 0.3) is 5.91 Å². The van der Waals surface area contributed by atoms with Crippen LogP contribution in [-0.4, -0.2) is 45.7 Å². The Morgan fingerprint density at radius 2 is 1.83 bits per heavy atom. The van der Waals surface area contributed by atoms with Crippen LogP contribution < -0.4 is 24.4 Å². The van der Waals surface area contributed by atoms with Crippen LogP contribution in [0.2, 0.25) is 0 Å². The fraction of sp³-hybridized carbons (Fsp3) is 0.364. The number of hydrogen-bond donors (Lipinski definition) is 1. The average molecular weight is 398 g/mol. The van der Waals surface area contributed by atoms with E-state index in [0.717, 1.165) is 24.1 Å². The molecule has 0 fully saturated rings. The summed E-state index contributed by atoms with van der Waals surface area (Å²) in [4.78, 5) is 26.2. The molecule has 0 aromatic heterocycles. The summed E-state index contributed by atoms with van der Waals surface area (Å²) < 4.78 is 16.5. The third-order valence-corrected chi connectivity index (χ3v) is 4.76. The van der Waals surface area contributed by atoms with Gasteiger partial charge in [0.15, 0.2) is 0 Å². The van der Waals surface area contributed by atoms with E-state index in [1.54, 1.807) is 37.3 Å². The Balaban J connectivity index is 1.89. The summed E-state index contributed by atoms with van der Waals surface area (Å²) in [5.74, 6) is 1.51. The molecule has 1 aliphatic rings. The van der Waals surface area contributed by atoms with E-state index in [1.807, 2.05) is 18.2 Å². The van der Waals surface area contributed by atoms with E-state index in [0.29, 0.717) is 42.5 Å². The third-order valence-electron chi connectivity index (χ3n) is 4.76. The van der Waals surface area contributed by atoms with Gasteiger partial charge in [0.1, 0.15) is 23.9 Å². The van der Waals surface area contributed by atoms with Gasteiger partial charge in [-0.25, -0.2) is 0 Å². The van der Waals surface area contributed by atoms with Gasteiger partial charge in [-0.1, -0.05) is 12.1 Å². The highest BCUT2D eigenvalue weighted by Crippen LogP contribution is 2.37. The zero-order chi connectivity index (χ0) is 20.8. The van der Waals surface area contributed by atoms with Crippen LogP contribution in [0.3, 0.4) is 0 Å². The van der Waals surface area contributed by atoms with Gasteiger partial charge >= 0.3 is 0 Å². The molecule has 29 heavy (non-hydrogen) atoms. The molecule has 2 aromatic rings. The van der Waals surface area contributed by atoms with Crippen molar-refractivity contribution in [1.82, 2.24) is 5.32 Å². The van der Waals surface area contributed by atoms with Gasteiger partial charge in [0.05, 0.1) is 26.5 Å². The lowest BCUT2D eigenvalue weighted by Crippen LogP contribution is -2.36. The first-order valence-electron chi connectivity index (χ1n) is 9.57. The number of amides is 2. The molecule has 0 aliphatic carbocycles. The number of rotatable bonds is 7. The number of hydrogen-bond acceptors (Lipinski definition) is 5. The van der Waals surface area contributed by atoms with Gasteiger partial charge in [-0.2, -0.15) is 0 Å². The van der Waals surface area contributed by atoms with Gasteiger partial charge < -0.3 is 24.4 Å². The minimum atomic E-state index is -0.138. The zero-order valence-electron chi connectivity index (χ0n) is 17.0. The molecule has 0 unspecified atom stereocenters. The minimum Gasteiger partial charge on any atom is -0.497 e. The molecule has 154 valence electrons. The number of para-hydroxylation sites is 1. The first-order valence-corrected chi connectivity index (χ1v) is 9.57. The highest BCUT2D eigenvalue weighted by atomic mass is 16.5. The number of fused-ring (bicyclic) bond motifs is 1. The number of benzene rings is 2. The van der Waals surface area contributed by atoms with Gasteiger partial charge in [-0.15, -0.1) is 0 Å². The fourth-order valence-corrected chi connectivity index (χ4v) is 3.41. The smallest absolute Gasteiger partial charge is 0.258 e. The Labute approximate surface area is 170 Å². The molecular weight excluding hydrogens is 372 g/mol. The second-order valence-electron chi connectivity index (χ2n) is 6.76. The number of methoxy groups -OCH3 is 2. The lowest BCUT2D eigenvalue weighted by Gasteiger charge is -2.31. The minimum absolute atomic E-state index is 0.104. The summed E-state index contributed by atoms with van der Waals surface area (Å²) in [5.41, 5.74) is 2.34. The topological polar surface area (TPSA) is 77.1 Å². The molecule has 1 heterocycles. The predicted molar refractivity (Wildman–Crippen MR) is 110 cm³/mol.